The molecule has 4 heteroatoms. The zero-order valence-electron chi connectivity index (χ0n) is 11.1. The molecular weight excluding hydrogens is 267 g/mol. The second-order valence-electron chi connectivity index (χ2n) is 3.67. The molecule has 106 valence electrons. The monoisotopic (exact) mass is 292 g/mol. The van der Waals surface area contributed by atoms with Gasteiger partial charge in [-0.25, -0.2) is 0 Å². The van der Waals surface area contributed by atoms with Gasteiger partial charge in [-0.15, -0.1) is 51.1 Å². The standard InChI is InChI=1S/C14H24N2.2ClH/c1-5-9-15(10-6-2)13-14-16(11-7-3)12-8-4;;/h5-8H,1-4,9-14H2;2*1H. The van der Waals surface area contributed by atoms with Crippen LogP contribution in [0, 0.1) is 0 Å². The smallest absolute Gasteiger partial charge is 0.0164 e. The van der Waals surface area contributed by atoms with E-state index in [0.29, 0.717) is 0 Å². The molecular formula is C14H26Cl2N2. The molecule has 0 spiro atoms. The van der Waals surface area contributed by atoms with Gasteiger partial charge in [0.1, 0.15) is 0 Å². The molecule has 18 heavy (non-hydrogen) atoms. The predicted octanol–water partition coefficient (Wildman–Crippen LogP) is 3.18. The van der Waals surface area contributed by atoms with Crippen molar-refractivity contribution in [2.45, 2.75) is 0 Å². The summed E-state index contributed by atoms with van der Waals surface area (Å²) in [7, 11) is 0. The van der Waals surface area contributed by atoms with Crippen molar-refractivity contribution in [1.29, 1.82) is 0 Å². The molecule has 0 unspecified atom stereocenters. The van der Waals surface area contributed by atoms with E-state index in [-0.39, 0.29) is 24.8 Å². The minimum absolute atomic E-state index is 0. The van der Waals surface area contributed by atoms with Crippen LogP contribution in [0.2, 0.25) is 0 Å². The van der Waals surface area contributed by atoms with Gasteiger partial charge in [-0.2, -0.15) is 0 Å². The zero-order chi connectivity index (χ0) is 12.2. The first kappa shape index (κ1) is 22.6. The van der Waals surface area contributed by atoms with Gasteiger partial charge >= 0.3 is 0 Å². The molecule has 0 saturated carbocycles. The quantitative estimate of drug-likeness (QED) is 0.540. The molecule has 0 aliphatic rings. The van der Waals surface area contributed by atoms with E-state index >= 15 is 0 Å². The molecule has 0 amide bonds. The average Bonchev–Trinajstić information content (AvgIpc) is 2.27. The first-order valence-corrected chi connectivity index (χ1v) is 5.66. The van der Waals surface area contributed by atoms with E-state index in [4.69, 9.17) is 0 Å². The van der Waals surface area contributed by atoms with E-state index in [0.717, 1.165) is 39.3 Å². The van der Waals surface area contributed by atoms with Crippen molar-refractivity contribution in [3.8, 4) is 0 Å². The summed E-state index contributed by atoms with van der Waals surface area (Å²) < 4.78 is 0. The van der Waals surface area contributed by atoms with E-state index < -0.39 is 0 Å². The van der Waals surface area contributed by atoms with Crippen LogP contribution in [0.15, 0.2) is 50.6 Å². The second kappa shape index (κ2) is 16.5. The Bertz CT molecular complexity index is 186. The van der Waals surface area contributed by atoms with Crippen LogP contribution < -0.4 is 0 Å². The number of hydrogen-bond acceptors (Lipinski definition) is 2. The maximum absolute atomic E-state index is 3.76. The summed E-state index contributed by atoms with van der Waals surface area (Å²) in [6.07, 6.45) is 7.70. The van der Waals surface area contributed by atoms with Crippen molar-refractivity contribution in [2.75, 3.05) is 39.3 Å². The Kier molecular flexibility index (Phi) is 20.7. The lowest BCUT2D eigenvalue weighted by Crippen LogP contribution is -2.35. The van der Waals surface area contributed by atoms with E-state index in [9.17, 15) is 0 Å². The average molecular weight is 293 g/mol. The topological polar surface area (TPSA) is 6.48 Å². The molecule has 0 aromatic carbocycles. The highest BCUT2D eigenvalue weighted by Crippen LogP contribution is 1.94. The lowest BCUT2D eigenvalue weighted by Gasteiger charge is -2.24. The van der Waals surface area contributed by atoms with Gasteiger partial charge in [0, 0.05) is 39.3 Å². The molecule has 0 atom stereocenters. The first-order valence-electron chi connectivity index (χ1n) is 5.66. The van der Waals surface area contributed by atoms with E-state index in [1.807, 2.05) is 24.3 Å². The molecule has 0 heterocycles. The Morgan fingerprint density at radius 1 is 0.556 bits per heavy atom. The summed E-state index contributed by atoms with van der Waals surface area (Å²) in [6.45, 7) is 20.7. The number of rotatable bonds is 11. The van der Waals surface area contributed by atoms with Crippen molar-refractivity contribution >= 4 is 24.8 Å². The van der Waals surface area contributed by atoms with Gasteiger partial charge in [0.2, 0.25) is 0 Å². The highest BCUT2D eigenvalue weighted by Gasteiger charge is 2.04. The highest BCUT2D eigenvalue weighted by molar-refractivity contribution is 5.85. The zero-order valence-corrected chi connectivity index (χ0v) is 12.7. The minimum atomic E-state index is 0. The Morgan fingerprint density at radius 3 is 0.944 bits per heavy atom. The summed E-state index contributed by atoms with van der Waals surface area (Å²) >= 11 is 0. The van der Waals surface area contributed by atoms with Crippen molar-refractivity contribution in [2.24, 2.45) is 0 Å². The van der Waals surface area contributed by atoms with E-state index in [2.05, 4.69) is 36.1 Å². The van der Waals surface area contributed by atoms with Crippen LogP contribution in [0.5, 0.6) is 0 Å². The normalized spacial score (nSPS) is 9.22. The van der Waals surface area contributed by atoms with Crippen molar-refractivity contribution in [3.05, 3.63) is 50.6 Å². The summed E-state index contributed by atoms with van der Waals surface area (Å²) in [5.41, 5.74) is 0. The van der Waals surface area contributed by atoms with Crippen molar-refractivity contribution in [3.63, 3.8) is 0 Å². The third-order valence-corrected chi connectivity index (χ3v) is 2.28. The van der Waals surface area contributed by atoms with Gasteiger partial charge < -0.3 is 0 Å². The number of hydrogen-bond donors (Lipinski definition) is 0. The number of halogens is 2. The molecule has 0 bridgehead atoms. The lowest BCUT2D eigenvalue weighted by molar-refractivity contribution is 0.255. The Balaban J connectivity index is -0.00000112. The summed E-state index contributed by atoms with van der Waals surface area (Å²) in [5, 5.41) is 0. The largest absolute Gasteiger partial charge is 0.295 e. The molecule has 0 N–H and O–H groups in total. The number of nitrogens with zero attached hydrogens (tertiary/aromatic N) is 2. The van der Waals surface area contributed by atoms with Crippen LogP contribution >= 0.6 is 24.8 Å². The fraction of sp³-hybridized carbons (Fsp3) is 0.429. The molecule has 0 aliphatic carbocycles. The molecule has 0 aromatic heterocycles. The van der Waals surface area contributed by atoms with Gasteiger partial charge in [-0.1, -0.05) is 24.3 Å². The summed E-state index contributed by atoms with van der Waals surface area (Å²) in [4.78, 5) is 4.61. The van der Waals surface area contributed by atoms with Gasteiger partial charge in [0.25, 0.3) is 0 Å². The van der Waals surface area contributed by atoms with Crippen LogP contribution in [-0.2, 0) is 0 Å². The van der Waals surface area contributed by atoms with Crippen LogP contribution in [-0.4, -0.2) is 49.1 Å². The van der Waals surface area contributed by atoms with Crippen LogP contribution in [0.4, 0.5) is 0 Å². The molecule has 0 aliphatic heterocycles. The van der Waals surface area contributed by atoms with Crippen molar-refractivity contribution < 1.29 is 0 Å². The maximum atomic E-state index is 3.76. The molecule has 0 radical (unpaired) electrons. The van der Waals surface area contributed by atoms with Crippen LogP contribution in [0.3, 0.4) is 0 Å². The fourth-order valence-corrected chi connectivity index (χ4v) is 1.53. The summed E-state index contributed by atoms with van der Waals surface area (Å²) in [6, 6.07) is 0. The Morgan fingerprint density at radius 2 is 0.778 bits per heavy atom. The Hall–Kier alpha value is -0.540. The van der Waals surface area contributed by atoms with Gasteiger partial charge in [-0.3, -0.25) is 9.80 Å². The SMILES string of the molecule is C=CCN(CC=C)CCN(CC=C)CC=C.Cl.Cl. The molecule has 0 fully saturated rings. The highest BCUT2D eigenvalue weighted by atomic mass is 35.5. The minimum Gasteiger partial charge on any atom is -0.295 e. The van der Waals surface area contributed by atoms with Crippen LogP contribution in [0.25, 0.3) is 0 Å². The van der Waals surface area contributed by atoms with Gasteiger partial charge in [0.05, 0.1) is 0 Å². The molecule has 2 nitrogen and oxygen atoms in total. The predicted molar refractivity (Wildman–Crippen MR) is 88.2 cm³/mol. The van der Waals surface area contributed by atoms with Crippen LogP contribution in [0.1, 0.15) is 0 Å². The van der Waals surface area contributed by atoms with E-state index in [1.54, 1.807) is 0 Å². The Labute approximate surface area is 125 Å². The second-order valence-corrected chi connectivity index (χ2v) is 3.67. The third-order valence-electron chi connectivity index (χ3n) is 2.28. The molecule has 0 aromatic rings. The first-order chi connectivity index (χ1) is 7.78. The summed E-state index contributed by atoms with van der Waals surface area (Å²) in [5.74, 6) is 0. The molecule has 0 saturated heterocycles. The molecule has 0 rings (SSSR count). The van der Waals surface area contributed by atoms with Gasteiger partial charge in [-0.05, 0) is 0 Å². The van der Waals surface area contributed by atoms with Crippen molar-refractivity contribution in [1.82, 2.24) is 9.80 Å². The maximum Gasteiger partial charge on any atom is 0.0164 e. The fourth-order valence-electron chi connectivity index (χ4n) is 1.53. The van der Waals surface area contributed by atoms with Gasteiger partial charge in [0.15, 0.2) is 0 Å². The van der Waals surface area contributed by atoms with E-state index in [1.165, 1.54) is 0 Å². The lowest BCUT2D eigenvalue weighted by atomic mass is 10.3. The third kappa shape index (κ3) is 11.9.